The first-order chi connectivity index (χ1) is 18.3. The van der Waals surface area contributed by atoms with Gasteiger partial charge in [-0.1, -0.05) is 84.6 Å². The Labute approximate surface area is 221 Å². The predicted octanol–water partition coefficient (Wildman–Crippen LogP) is 10.4. The van der Waals surface area contributed by atoms with Crippen molar-refractivity contribution in [2.45, 2.75) is 9.79 Å². The summed E-state index contributed by atoms with van der Waals surface area (Å²) in [6, 6.07) is 42.7. The summed E-state index contributed by atoms with van der Waals surface area (Å²) in [7, 11) is 0. The van der Waals surface area contributed by atoms with Crippen LogP contribution in [0.3, 0.4) is 0 Å². The maximum absolute atomic E-state index is 2.51. The minimum atomic E-state index is 1.27. The van der Waals surface area contributed by atoms with Gasteiger partial charge in [-0.2, -0.15) is 0 Å². The molecule has 3 heteroatoms. The number of hydrogen-bond acceptors (Lipinski definition) is 2. The highest BCUT2D eigenvalue weighted by Gasteiger charge is 2.25. The summed E-state index contributed by atoms with van der Waals surface area (Å²) in [5.41, 5.74) is 6.45. The molecule has 6 aromatic carbocycles. The first-order valence-corrected chi connectivity index (χ1v) is 14.2. The van der Waals surface area contributed by atoms with Crippen LogP contribution < -0.4 is 0 Å². The minimum absolute atomic E-state index is 1.27. The van der Waals surface area contributed by atoms with Crippen molar-refractivity contribution in [2.75, 3.05) is 0 Å². The van der Waals surface area contributed by atoms with E-state index in [9.17, 15) is 0 Å². The molecule has 8 aromatic rings. The summed E-state index contributed by atoms with van der Waals surface area (Å²) in [6.07, 6.45) is 0. The van der Waals surface area contributed by atoms with Crippen LogP contribution in [-0.2, 0) is 0 Å². The number of benzene rings is 6. The normalized spacial score (nSPS) is 12.8. The monoisotopic (exact) mass is 505 g/mol. The summed E-state index contributed by atoms with van der Waals surface area (Å²) in [5.74, 6) is 0. The van der Waals surface area contributed by atoms with E-state index in [1.165, 1.54) is 79.4 Å². The van der Waals surface area contributed by atoms with Crippen molar-refractivity contribution < 1.29 is 0 Å². The molecule has 0 amide bonds. The van der Waals surface area contributed by atoms with Gasteiger partial charge in [0.1, 0.15) is 0 Å². The fourth-order valence-electron chi connectivity index (χ4n) is 6.11. The molecule has 2 aromatic heterocycles. The molecule has 172 valence electrons. The van der Waals surface area contributed by atoms with Crippen LogP contribution >= 0.6 is 23.1 Å². The Morgan fingerprint density at radius 1 is 0.486 bits per heavy atom. The highest BCUT2D eigenvalue weighted by molar-refractivity contribution is 7.99. The zero-order chi connectivity index (χ0) is 24.1. The Kier molecular flexibility index (Phi) is 3.93. The maximum Gasteiger partial charge on any atom is 0.0681 e. The van der Waals surface area contributed by atoms with E-state index in [1.807, 2.05) is 23.1 Å². The molecule has 0 saturated carbocycles. The van der Waals surface area contributed by atoms with Gasteiger partial charge in [0.15, 0.2) is 0 Å². The molecule has 1 aliphatic rings. The van der Waals surface area contributed by atoms with Crippen LogP contribution in [0.5, 0.6) is 0 Å². The molecule has 0 radical (unpaired) electrons. The number of fused-ring (bicyclic) bond motifs is 10. The third-order valence-corrected chi connectivity index (χ3v) is 9.98. The quantitative estimate of drug-likeness (QED) is 0.215. The molecule has 0 spiro atoms. The lowest BCUT2D eigenvalue weighted by atomic mass is 10.0. The van der Waals surface area contributed by atoms with Gasteiger partial charge in [0.05, 0.1) is 16.7 Å². The summed E-state index contributed by atoms with van der Waals surface area (Å²) in [5, 5.41) is 7.91. The molecule has 0 unspecified atom stereocenters. The van der Waals surface area contributed by atoms with Crippen LogP contribution in [-0.4, -0.2) is 4.57 Å². The number of para-hydroxylation sites is 1. The first-order valence-electron chi connectivity index (χ1n) is 12.5. The Morgan fingerprint density at radius 3 is 2.19 bits per heavy atom. The van der Waals surface area contributed by atoms with E-state index in [4.69, 9.17) is 0 Å². The number of thiophene rings is 1. The Hall–Kier alpha value is -4.05. The van der Waals surface area contributed by atoms with Crippen molar-refractivity contribution in [3.63, 3.8) is 0 Å². The van der Waals surface area contributed by atoms with Gasteiger partial charge in [0.2, 0.25) is 0 Å². The van der Waals surface area contributed by atoms with E-state index < -0.39 is 0 Å². The van der Waals surface area contributed by atoms with Gasteiger partial charge in [0.25, 0.3) is 0 Å². The van der Waals surface area contributed by atoms with Crippen molar-refractivity contribution in [2.24, 2.45) is 0 Å². The van der Waals surface area contributed by atoms with E-state index in [-0.39, 0.29) is 0 Å². The molecule has 0 bridgehead atoms. The summed E-state index contributed by atoms with van der Waals surface area (Å²) in [6.45, 7) is 0. The second-order valence-electron chi connectivity index (χ2n) is 9.77. The lowest BCUT2D eigenvalue weighted by molar-refractivity contribution is 1.11. The summed E-state index contributed by atoms with van der Waals surface area (Å²) in [4.78, 5) is 2.63. The van der Waals surface area contributed by atoms with Crippen LogP contribution in [0.15, 0.2) is 125 Å². The van der Waals surface area contributed by atoms with E-state index in [1.54, 1.807) is 0 Å². The van der Waals surface area contributed by atoms with Crippen molar-refractivity contribution in [3.05, 3.63) is 115 Å². The topological polar surface area (TPSA) is 4.93 Å². The highest BCUT2D eigenvalue weighted by atomic mass is 32.2. The fourth-order valence-corrected chi connectivity index (χ4v) is 8.35. The lowest BCUT2D eigenvalue weighted by Gasteiger charge is -2.22. The fraction of sp³-hybridized carbons (Fsp3) is 0. The molecule has 37 heavy (non-hydrogen) atoms. The smallest absolute Gasteiger partial charge is 0.0681 e. The summed E-state index contributed by atoms with van der Waals surface area (Å²) < 4.78 is 5.20. The standard InChI is InChI=1S/C34H19NS2/c1-2-8-23-20(7-1)13-16-31-33(23)35-28-11-5-3-9-24(28)27-18-22(19-32(37-31)34(27)35)21-14-15-30-26(17-21)25-10-4-6-12-29(25)36-30/h1-19H. The van der Waals surface area contributed by atoms with Gasteiger partial charge in [-0.25, -0.2) is 0 Å². The molecule has 1 nitrogen and oxygen atoms in total. The molecule has 0 saturated heterocycles. The molecule has 0 aliphatic carbocycles. The SMILES string of the molecule is c1ccc2c3c(ccc2c1)Sc1cc(-c2ccc4sc5ccccc5c4c2)cc2c4ccccc4n-3c12. The zero-order valence-electron chi connectivity index (χ0n) is 19.7. The van der Waals surface area contributed by atoms with Crippen molar-refractivity contribution in [1.82, 2.24) is 4.57 Å². The molecule has 0 N–H and O–H groups in total. The number of rotatable bonds is 1. The van der Waals surface area contributed by atoms with E-state index >= 15 is 0 Å². The van der Waals surface area contributed by atoms with Gasteiger partial charge in [0, 0.05) is 46.1 Å². The average molecular weight is 506 g/mol. The Balaban J connectivity index is 1.37. The van der Waals surface area contributed by atoms with Gasteiger partial charge < -0.3 is 4.57 Å². The van der Waals surface area contributed by atoms with Gasteiger partial charge >= 0.3 is 0 Å². The van der Waals surface area contributed by atoms with Crippen LogP contribution in [0.2, 0.25) is 0 Å². The van der Waals surface area contributed by atoms with Crippen LogP contribution in [0.4, 0.5) is 0 Å². The van der Waals surface area contributed by atoms with E-state index in [0.29, 0.717) is 0 Å². The van der Waals surface area contributed by atoms with E-state index in [2.05, 4.69) is 120 Å². The average Bonchev–Trinajstić information content (AvgIpc) is 3.49. The zero-order valence-corrected chi connectivity index (χ0v) is 21.4. The largest absolute Gasteiger partial charge is 0.306 e. The van der Waals surface area contributed by atoms with Gasteiger partial charge in [-0.05, 0) is 59.0 Å². The van der Waals surface area contributed by atoms with Crippen LogP contribution in [0.1, 0.15) is 0 Å². The van der Waals surface area contributed by atoms with E-state index in [0.717, 1.165) is 0 Å². The molecule has 3 heterocycles. The molecular formula is C34H19NS2. The minimum Gasteiger partial charge on any atom is -0.306 e. The molecule has 9 rings (SSSR count). The Bertz CT molecular complexity index is 2230. The van der Waals surface area contributed by atoms with Crippen LogP contribution in [0.25, 0.3) is 69.6 Å². The number of nitrogens with zero attached hydrogens (tertiary/aromatic N) is 1. The molecule has 1 aliphatic heterocycles. The lowest BCUT2D eigenvalue weighted by Crippen LogP contribution is -2.02. The third kappa shape index (κ3) is 2.70. The maximum atomic E-state index is 2.51. The number of hydrogen-bond donors (Lipinski definition) is 0. The van der Waals surface area contributed by atoms with Crippen molar-refractivity contribution >= 4 is 75.8 Å². The summed E-state index contributed by atoms with van der Waals surface area (Å²) >= 11 is 3.78. The van der Waals surface area contributed by atoms with Gasteiger partial charge in [-0.15, -0.1) is 11.3 Å². The highest BCUT2D eigenvalue weighted by Crippen LogP contribution is 2.50. The molecule has 0 fully saturated rings. The van der Waals surface area contributed by atoms with Crippen molar-refractivity contribution in [1.29, 1.82) is 0 Å². The second kappa shape index (κ2) is 7.25. The third-order valence-electron chi connectivity index (χ3n) is 7.75. The van der Waals surface area contributed by atoms with Gasteiger partial charge in [-0.3, -0.25) is 0 Å². The van der Waals surface area contributed by atoms with Crippen LogP contribution in [0, 0.1) is 0 Å². The molecule has 0 atom stereocenters. The Morgan fingerprint density at radius 2 is 1.24 bits per heavy atom. The van der Waals surface area contributed by atoms with Crippen molar-refractivity contribution in [3.8, 4) is 16.8 Å². The predicted molar refractivity (Wildman–Crippen MR) is 161 cm³/mol. The second-order valence-corrected chi connectivity index (χ2v) is 11.9. The molecular weight excluding hydrogens is 487 g/mol. The number of aromatic nitrogens is 1. The first kappa shape index (κ1) is 20.1.